The second-order valence-corrected chi connectivity index (χ2v) is 9.77. The first-order valence-corrected chi connectivity index (χ1v) is 13.6. The van der Waals surface area contributed by atoms with Gasteiger partial charge in [-0.05, 0) is 80.6 Å². The van der Waals surface area contributed by atoms with Gasteiger partial charge in [-0.15, -0.1) is 0 Å². The van der Waals surface area contributed by atoms with Crippen LogP contribution in [0.5, 0.6) is 0 Å². The number of ketones is 2. The molecule has 0 unspecified atom stereocenters. The van der Waals surface area contributed by atoms with E-state index in [0.29, 0.717) is 37.1 Å². The van der Waals surface area contributed by atoms with Crippen LogP contribution in [0.1, 0.15) is 66.7 Å². The largest absolute Gasteiger partial charge is 0.435 e. The summed E-state index contributed by atoms with van der Waals surface area (Å²) in [4.78, 5) is 62.1. The van der Waals surface area contributed by atoms with Gasteiger partial charge in [0.25, 0.3) is 0 Å². The Bertz CT molecular complexity index is 1240. The third kappa shape index (κ3) is 8.51. The number of carbonyl (C=O) groups excluding carboxylic acids is 4. The minimum atomic E-state index is -0.747. The molecule has 0 radical (unpaired) electrons. The molecule has 2 aromatic carbocycles. The third-order valence-electron chi connectivity index (χ3n) is 5.95. The highest BCUT2D eigenvalue weighted by atomic mass is 32.2. The molecule has 0 atom stereocenters. The van der Waals surface area contributed by atoms with E-state index < -0.39 is 12.2 Å². The minimum Gasteiger partial charge on any atom is -0.323 e. The van der Waals surface area contributed by atoms with Gasteiger partial charge in [0.2, 0.25) is 11.6 Å². The molecule has 1 saturated heterocycles. The molecule has 0 aromatic heterocycles. The Hall–Kier alpha value is -3.99. The number of oxime groups is 2. The molecule has 1 fully saturated rings. The van der Waals surface area contributed by atoms with E-state index in [1.807, 2.05) is 24.3 Å². The van der Waals surface area contributed by atoms with Crippen LogP contribution in [0, 0.1) is 0 Å². The number of hydrogen-bond donors (Lipinski definition) is 1. The van der Waals surface area contributed by atoms with Crippen molar-refractivity contribution in [2.45, 2.75) is 55.7 Å². The summed E-state index contributed by atoms with van der Waals surface area (Å²) in [5.74, 6) is -0.618. The molecule has 2 aromatic rings. The molecule has 0 saturated carbocycles. The highest BCUT2D eigenvalue weighted by Gasteiger charge is 2.20. The van der Waals surface area contributed by atoms with Crippen molar-refractivity contribution in [3.63, 3.8) is 0 Å². The van der Waals surface area contributed by atoms with Gasteiger partial charge in [-0.2, -0.15) is 0 Å². The molecular formula is C28H32N4O6S. The predicted molar refractivity (Wildman–Crippen MR) is 149 cm³/mol. The quantitative estimate of drug-likeness (QED) is 0.173. The smallest absolute Gasteiger partial charge is 0.323 e. The van der Waals surface area contributed by atoms with Crippen LogP contribution in [0.3, 0.4) is 0 Å². The number of nitrogens with zero attached hydrogens (tertiary/aromatic N) is 3. The normalized spacial score (nSPS) is 14.0. The zero-order chi connectivity index (χ0) is 28.2. The molecule has 1 heterocycles. The van der Waals surface area contributed by atoms with Gasteiger partial charge in [0, 0.05) is 41.1 Å². The molecule has 3 rings (SSSR count). The van der Waals surface area contributed by atoms with Gasteiger partial charge in [0.1, 0.15) is 11.4 Å². The van der Waals surface area contributed by atoms with E-state index in [2.05, 4.69) is 20.5 Å². The highest BCUT2D eigenvalue weighted by Crippen LogP contribution is 2.28. The summed E-state index contributed by atoms with van der Waals surface area (Å²) in [7, 11) is 1.40. The van der Waals surface area contributed by atoms with Crippen LogP contribution in [0.25, 0.3) is 0 Å². The summed E-state index contributed by atoms with van der Waals surface area (Å²) in [5.41, 5.74) is 1.18. The fourth-order valence-electron chi connectivity index (χ4n) is 3.72. The lowest BCUT2D eigenvalue weighted by Crippen LogP contribution is -2.35. The number of hydrogen-bond acceptors (Lipinski definition) is 9. The average molecular weight is 553 g/mol. The number of benzene rings is 2. The Labute approximate surface area is 231 Å². The van der Waals surface area contributed by atoms with E-state index in [1.54, 1.807) is 43.0 Å². The van der Waals surface area contributed by atoms with Crippen molar-refractivity contribution in [1.82, 2.24) is 10.2 Å². The van der Waals surface area contributed by atoms with Gasteiger partial charge >= 0.3 is 12.2 Å². The monoisotopic (exact) mass is 552 g/mol. The lowest BCUT2D eigenvalue weighted by atomic mass is 10.1. The van der Waals surface area contributed by atoms with Crippen molar-refractivity contribution in [1.29, 1.82) is 0 Å². The predicted octanol–water partition coefficient (Wildman–Crippen LogP) is 5.71. The van der Waals surface area contributed by atoms with Crippen molar-refractivity contribution in [3.05, 3.63) is 59.7 Å². The maximum Gasteiger partial charge on any atom is 0.435 e. The fourth-order valence-corrected chi connectivity index (χ4v) is 4.54. The molecule has 1 aliphatic heterocycles. The standard InChI is InChI=1S/C28H32N4O6S/c1-4-23(30-37-27(35)29-3)25(33)19-9-13-21(14-10-19)39-22-15-11-20(12-16-22)26(34)24(5-2)31-38-28(36)32-17-7-6-8-18-32/h9-16H,4-8,17-18H2,1-3H3,(H,29,35)/b30-23+,31-24+. The van der Waals surface area contributed by atoms with Gasteiger partial charge in [-0.1, -0.05) is 35.9 Å². The Balaban J connectivity index is 1.60. The maximum absolute atomic E-state index is 12.9. The molecule has 2 amide bonds. The zero-order valence-corrected chi connectivity index (χ0v) is 23.1. The van der Waals surface area contributed by atoms with Crippen LogP contribution in [-0.2, 0) is 9.68 Å². The van der Waals surface area contributed by atoms with E-state index in [1.165, 1.54) is 18.8 Å². The Morgan fingerprint density at radius 2 is 1.23 bits per heavy atom. The lowest BCUT2D eigenvalue weighted by Gasteiger charge is -2.24. The molecule has 1 aliphatic rings. The van der Waals surface area contributed by atoms with Gasteiger partial charge in [-0.25, -0.2) is 9.59 Å². The van der Waals surface area contributed by atoms with Crippen molar-refractivity contribution in [3.8, 4) is 0 Å². The van der Waals surface area contributed by atoms with Crippen molar-refractivity contribution < 1.29 is 28.9 Å². The van der Waals surface area contributed by atoms with Gasteiger partial charge in [-0.3, -0.25) is 19.3 Å². The van der Waals surface area contributed by atoms with E-state index in [4.69, 9.17) is 4.84 Å². The van der Waals surface area contributed by atoms with Crippen LogP contribution in [-0.4, -0.2) is 60.2 Å². The molecule has 10 nitrogen and oxygen atoms in total. The number of rotatable bonds is 10. The number of Topliss-reactive ketones (excluding diaryl/α,β-unsaturated/α-hetero) is 2. The van der Waals surface area contributed by atoms with Gasteiger partial charge in [0.05, 0.1) is 0 Å². The molecular weight excluding hydrogens is 520 g/mol. The van der Waals surface area contributed by atoms with Gasteiger partial charge in [0.15, 0.2) is 0 Å². The van der Waals surface area contributed by atoms with Gasteiger partial charge < -0.3 is 10.2 Å². The first kappa shape index (κ1) is 29.6. The molecule has 1 N–H and O–H groups in total. The number of amides is 2. The number of piperidine rings is 1. The van der Waals surface area contributed by atoms with E-state index in [0.717, 1.165) is 29.1 Å². The molecule has 0 spiro atoms. The molecule has 0 bridgehead atoms. The topological polar surface area (TPSA) is 127 Å². The first-order chi connectivity index (χ1) is 18.9. The van der Waals surface area contributed by atoms with Crippen LogP contribution in [0.15, 0.2) is 68.6 Å². The second kappa shape index (κ2) is 14.8. The van der Waals surface area contributed by atoms with Crippen LogP contribution < -0.4 is 5.32 Å². The average Bonchev–Trinajstić information content (AvgIpc) is 2.98. The summed E-state index contributed by atoms with van der Waals surface area (Å²) in [6.07, 6.45) is 2.34. The van der Waals surface area contributed by atoms with E-state index in [-0.39, 0.29) is 23.0 Å². The number of carbonyl (C=O) groups is 4. The van der Waals surface area contributed by atoms with Crippen molar-refractivity contribution >= 4 is 46.9 Å². The Kier molecular flexibility index (Phi) is 11.2. The van der Waals surface area contributed by atoms with Crippen LogP contribution in [0.2, 0.25) is 0 Å². The fraction of sp³-hybridized carbons (Fsp3) is 0.357. The molecule has 206 valence electrons. The summed E-state index contributed by atoms with van der Waals surface area (Å²) < 4.78 is 0. The van der Waals surface area contributed by atoms with E-state index >= 15 is 0 Å². The lowest BCUT2D eigenvalue weighted by molar-refractivity contribution is 0.0956. The zero-order valence-electron chi connectivity index (χ0n) is 22.3. The minimum absolute atomic E-state index is 0.135. The highest BCUT2D eigenvalue weighted by molar-refractivity contribution is 7.99. The number of nitrogens with one attached hydrogen (secondary N) is 1. The Morgan fingerprint density at radius 1 is 0.769 bits per heavy atom. The van der Waals surface area contributed by atoms with Crippen LogP contribution in [0.4, 0.5) is 9.59 Å². The maximum atomic E-state index is 12.9. The van der Waals surface area contributed by atoms with Crippen molar-refractivity contribution in [2.75, 3.05) is 20.1 Å². The Morgan fingerprint density at radius 3 is 1.67 bits per heavy atom. The summed E-state index contributed by atoms with van der Waals surface area (Å²) in [6.45, 7) is 4.82. The summed E-state index contributed by atoms with van der Waals surface area (Å²) >= 11 is 1.47. The molecule has 0 aliphatic carbocycles. The molecule has 39 heavy (non-hydrogen) atoms. The number of likely N-dealkylation sites (tertiary alicyclic amines) is 1. The summed E-state index contributed by atoms with van der Waals surface area (Å²) in [5, 5.41) is 9.77. The van der Waals surface area contributed by atoms with E-state index in [9.17, 15) is 19.2 Å². The SMILES string of the molecule is CC/C(=N\OC(=O)NC)C(=O)c1ccc(Sc2ccc(C(=O)/C(CC)=N/OC(=O)N3CCCCC3)cc2)cc1. The third-order valence-corrected chi connectivity index (χ3v) is 6.97. The second-order valence-electron chi connectivity index (χ2n) is 8.63. The summed E-state index contributed by atoms with van der Waals surface area (Å²) in [6, 6.07) is 14.0. The molecule has 11 heteroatoms. The van der Waals surface area contributed by atoms with Crippen molar-refractivity contribution in [2.24, 2.45) is 10.3 Å². The first-order valence-electron chi connectivity index (χ1n) is 12.8. The van der Waals surface area contributed by atoms with Crippen LogP contribution >= 0.6 is 11.8 Å².